The zero-order chi connectivity index (χ0) is 14.4. The van der Waals surface area contributed by atoms with Crippen LogP contribution < -0.4 is 5.32 Å². The largest absolute Gasteiger partial charge is 0.350 e. The smallest absolute Gasteiger partial charge is 0.240 e. The Balaban J connectivity index is 1.97. The van der Waals surface area contributed by atoms with E-state index in [9.17, 15) is 4.79 Å². The minimum atomic E-state index is -0.243. The molecule has 0 bridgehead atoms. The van der Waals surface area contributed by atoms with Crippen molar-refractivity contribution < 1.29 is 4.79 Å². The second kappa shape index (κ2) is 6.17. The van der Waals surface area contributed by atoms with Crippen LogP contribution in [0.3, 0.4) is 0 Å². The highest BCUT2D eigenvalue weighted by molar-refractivity contribution is 5.76. The summed E-state index contributed by atoms with van der Waals surface area (Å²) >= 11 is 0. The Morgan fingerprint density at radius 1 is 1.25 bits per heavy atom. The highest BCUT2D eigenvalue weighted by Crippen LogP contribution is 2.04. The van der Waals surface area contributed by atoms with Gasteiger partial charge in [-0.3, -0.25) is 4.79 Å². The summed E-state index contributed by atoms with van der Waals surface area (Å²) in [5.74, 6) is -0.243. The van der Waals surface area contributed by atoms with Gasteiger partial charge < -0.3 is 9.88 Å². The van der Waals surface area contributed by atoms with Crippen molar-refractivity contribution in [1.82, 2.24) is 14.9 Å². The van der Waals surface area contributed by atoms with E-state index >= 15 is 0 Å². The van der Waals surface area contributed by atoms with Crippen LogP contribution in [0.1, 0.15) is 17.0 Å². The normalized spacial score (nSPS) is 9.50. The molecule has 1 aromatic heterocycles. The number of imidazole rings is 1. The van der Waals surface area contributed by atoms with Crippen molar-refractivity contribution in [1.29, 1.82) is 10.5 Å². The van der Waals surface area contributed by atoms with Crippen LogP contribution in [0.4, 0.5) is 0 Å². The fourth-order valence-corrected chi connectivity index (χ4v) is 1.71. The van der Waals surface area contributed by atoms with Crippen LogP contribution in [0.25, 0.3) is 0 Å². The first-order valence-corrected chi connectivity index (χ1v) is 5.90. The molecule has 0 atom stereocenters. The SMILES string of the molecule is N#Cc1ncn(CC(=O)NCc2ccccc2)c1C#N. The third-order valence-corrected chi connectivity index (χ3v) is 2.70. The van der Waals surface area contributed by atoms with Crippen molar-refractivity contribution in [2.75, 3.05) is 0 Å². The van der Waals surface area contributed by atoms with Crippen LogP contribution in [-0.2, 0) is 17.9 Å². The molecule has 1 aromatic carbocycles. The van der Waals surface area contributed by atoms with E-state index < -0.39 is 0 Å². The molecule has 0 unspecified atom stereocenters. The summed E-state index contributed by atoms with van der Waals surface area (Å²) in [4.78, 5) is 15.6. The maximum atomic E-state index is 11.8. The lowest BCUT2D eigenvalue weighted by Gasteiger charge is -2.06. The second-order valence-corrected chi connectivity index (χ2v) is 4.06. The van der Waals surface area contributed by atoms with Crippen LogP contribution in [0, 0.1) is 22.7 Å². The van der Waals surface area contributed by atoms with Gasteiger partial charge in [-0.1, -0.05) is 30.3 Å². The van der Waals surface area contributed by atoms with E-state index in [1.165, 1.54) is 10.9 Å². The lowest BCUT2D eigenvalue weighted by molar-refractivity contribution is -0.121. The molecule has 0 aliphatic heterocycles. The zero-order valence-electron chi connectivity index (χ0n) is 10.6. The quantitative estimate of drug-likeness (QED) is 0.890. The van der Waals surface area contributed by atoms with Gasteiger partial charge in [0.05, 0.1) is 6.33 Å². The van der Waals surface area contributed by atoms with E-state index in [2.05, 4.69) is 10.3 Å². The van der Waals surface area contributed by atoms with Gasteiger partial charge in [0.25, 0.3) is 0 Å². The molecule has 0 spiro atoms. The Bertz CT molecular complexity index is 691. The maximum absolute atomic E-state index is 11.8. The Labute approximate surface area is 115 Å². The van der Waals surface area contributed by atoms with E-state index in [1.54, 1.807) is 0 Å². The minimum absolute atomic E-state index is 0.0309. The van der Waals surface area contributed by atoms with E-state index in [1.807, 2.05) is 42.5 Å². The third-order valence-electron chi connectivity index (χ3n) is 2.70. The first-order valence-electron chi connectivity index (χ1n) is 5.90. The molecule has 0 aliphatic rings. The van der Waals surface area contributed by atoms with Crippen molar-refractivity contribution in [2.24, 2.45) is 0 Å². The summed E-state index contributed by atoms with van der Waals surface area (Å²) in [6, 6.07) is 13.2. The van der Waals surface area contributed by atoms with Crippen LogP contribution in [0.2, 0.25) is 0 Å². The Morgan fingerprint density at radius 2 is 2.00 bits per heavy atom. The average Bonchev–Trinajstić information content (AvgIpc) is 2.88. The molecule has 0 radical (unpaired) electrons. The number of carbonyl (C=O) groups excluding carboxylic acids is 1. The van der Waals surface area contributed by atoms with Crippen LogP contribution in [0.5, 0.6) is 0 Å². The molecule has 6 heteroatoms. The van der Waals surface area contributed by atoms with Crippen molar-refractivity contribution in [3.63, 3.8) is 0 Å². The lowest BCUT2D eigenvalue weighted by atomic mass is 10.2. The van der Waals surface area contributed by atoms with Gasteiger partial charge in [-0.15, -0.1) is 0 Å². The first kappa shape index (κ1) is 13.3. The van der Waals surface area contributed by atoms with Gasteiger partial charge in [0.15, 0.2) is 11.4 Å². The molecule has 6 nitrogen and oxygen atoms in total. The van der Waals surface area contributed by atoms with Gasteiger partial charge in [0.2, 0.25) is 5.91 Å². The summed E-state index contributed by atoms with van der Waals surface area (Å²) in [6.07, 6.45) is 1.32. The topological polar surface area (TPSA) is 94.5 Å². The predicted octanol–water partition coefficient (Wildman–Crippen LogP) is 0.943. The van der Waals surface area contributed by atoms with Gasteiger partial charge in [-0.25, -0.2) is 4.98 Å². The molecule has 2 aromatic rings. The first-order chi connectivity index (χ1) is 9.74. The van der Waals surface area contributed by atoms with E-state index in [0.29, 0.717) is 6.54 Å². The Hall–Kier alpha value is -3.12. The number of amides is 1. The van der Waals surface area contributed by atoms with Crippen LogP contribution >= 0.6 is 0 Å². The number of aromatic nitrogens is 2. The fraction of sp³-hybridized carbons (Fsp3) is 0.143. The zero-order valence-corrected chi connectivity index (χ0v) is 10.6. The number of hydrogen-bond donors (Lipinski definition) is 1. The number of benzene rings is 1. The molecule has 0 fully saturated rings. The molecule has 1 heterocycles. The maximum Gasteiger partial charge on any atom is 0.240 e. The third kappa shape index (κ3) is 3.01. The van der Waals surface area contributed by atoms with Crippen molar-refractivity contribution >= 4 is 5.91 Å². The molecule has 2 rings (SSSR count). The number of carbonyl (C=O) groups is 1. The predicted molar refractivity (Wildman–Crippen MR) is 69.9 cm³/mol. The van der Waals surface area contributed by atoms with Crippen molar-refractivity contribution in [2.45, 2.75) is 13.1 Å². The molecule has 0 aliphatic carbocycles. The monoisotopic (exact) mass is 265 g/mol. The Kier molecular flexibility index (Phi) is 4.10. The summed E-state index contributed by atoms with van der Waals surface area (Å²) in [7, 11) is 0. The summed E-state index contributed by atoms with van der Waals surface area (Å²) in [6.45, 7) is 0.381. The molecule has 98 valence electrons. The molecule has 1 amide bonds. The van der Waals surface area contributed by atoms with Gasteiger partial charge in [-0.2, -0.15) is 10.5 Å². The van der Waals surface area contributed by atoms with Crippen LogP contribution in [0.15, 0.2) is 36.7 Å². The van der Waals surface area contributed by atoms with Gasteiger partial charge in [0, 0.05) is 6.54 Å². The number of nitrogens with zero attached hydrogens (tertiary/aromatic N) is 4. The molecular formula is C14H11N5O. The standard InChI is InChI=1S/C14H11N5O/c15-6-12-13(7-16)19(10-18-12)9-14(20)17-8-11-4-2-1-3-5-11/h1-5,10H,8-9H2,(H,17,20). The van der Waals surface area contributed by atoms with E-state index in [0.717, 1.165) is 5.56 Å². The average molecular weight is 265 g/mol. The molecular weight excluding hydrogens is 254 g/mol. The molecule has 0 saturated heterocycles. The van der Waals surface area contributed by atoms with Gasteiger partial charge in [0.1, 0.15) is 18.7 Å². The number of hydrogen-bond acceptors (Lipinski definition) is 4. The van der Waals surface area contributed by atoms with E-state index in [-0.39, 0.29) is 23.8 Å². The number of rotatable bonds is 4. The van der Waals surface area contributed by atoms with Gasteiger partial charge in [-0.05, 0) is 5.56 Å². The van der Waals surface area contributed by atoms with E-state index in [4.69, 9.17) is 10.5 Å². The number of nitriles is 2. The molecule has 0 saturated carbocycles. The Morgan fingerprint density at radius 3 is 2.65 bits per heavy atom. The highest BCUT2D eigenvalue weighted by Gasteiger charge is 2.12. The summed E-state index contributed by atoms with van der Waals surface area (Å²) < 4.78 is 1.36. The van der Waals surface area contributed by atoms with Gasteiger partial charge >= 0.3 is 0 Å². The second-order valence-electron chi connectivity index (χ2n) is 4.06. The van der Waals surface area contributed by atoms with Crippen molar-refractivity contribution in [3.8, 4) is 12.1 Å². The number of nitrogens with one attached hydrogen (secondary N) is 1. The fourth-order valence-electron chi connectivity index (χ4n) is 1.71. The molecule has 1 N–H and O–H groups in total. The summed E-state index contributed by atoms with van der Waals surface area (Å²) in [5, 5.41) is 20.5. The summed E-state index contributed by atoms with van der Waals surface area (Å²) in [5.41, 5.74) is 1.12. The highest BCUT2D eigenvalue weighted by atomic mass is 16.1. The van der Waals surface area contributed by atoms with Crippen molar-refractivity contribution in [3.05, 3.63) is 53.6 Å². The lowest BCUT2D eigenvalue weighted by Crippen LogP contribution is -2.27. The van der Waals surface area contributed by atoms with Crippen LogP contribution in [-0.4, -0.2) is 15.5 Å². The minimum Gasteiger partial charge on any atom is -0.350 e. The molecule has 20 heavy (non-hydrogen) atoms.